The van der Waals surface area contributed by atoms with E-state index >= 15 is 0 Å². The normalized spacial score (nSPS) is 21.2. The largest absolute Gasteiger partial charge is 0.496 e. The van der Waals surface area contributed by atoms with Gasteiger partial charge in [0.05, 0.1) is 19.6 Å². The van der Waals surface area contributed by atoms with Gasteiger partial charge in [-0.05, 0) is 37.0 Å². The summed E-state index contributed by atoms with van der Waals surface area (Å²) in [6.45, 7) is 0.693. The predicted molar refractivity (Wildman–Crippen MR) is 78.1 cm³/mol. The lowest BCUT2D eigenvalue weighted by Crippen LogP contribution is -2.40. The molecule has 0 aromatic heterocycles. The predicted octanol–water partition coefficient (Wildman–Crippen LogP) is 2.12. The lowest BCUT2D eigenvalue weighted by Gasteiger charge is -2.34. The fraction of sp³-hybridized carbons (Fsp3) is 0.533. The molecule has 1 aromatic rings. The first-order valence-corrected chi connectivity index (χ1v) is 7.12. The van der Waals surface area contributed by atoms with E-state index < -0.39 is 0 Å². The molecule has 2 rings (SSSR count). The molecule has 1 aliphatic rings. The average Bonchev–Trinajstić information content (AvgIpc) is 2.37. The summed E-state index contributed by atoms with van der Waals surface area (Å²) < 4.78 is 5.25. The second kappa shape index (κ2) is 6.46. The van der Waals surface area contributed by atoms with Gasteiger partial charge in [0.25, 0.3) is 0 Å². The number of likely N-dealkylation sites (N-methyl/N-ethyl adjacent to an activating group) is 1. The van der Waals surface area contributed by atoms with Gasteiger partial charge in [0.2, 0.25) is 5.91 Å². The van der Waals surface area contributed by atoms with Crippen molar-refractivity contribution in [2.75, 3.05) is 20.7 Å². The van der Waals surface area contributed by atoms with Crippen molar-refractivity contribution in [3.05, 3.63) is 28.8 Å². The van der Waals surface area contributed by atoms with E-state index in [9.17, 15) is 9.90 Å². The highest BCUT2D eigenvalue weighted by Gasteiger charge is 2.29. The molecule has 20 heavy (non-hydrogen) atoms. The van der Waals surface area contributed by atoms with Crippen molar-refractivity contribution in [3.8, 4) is 5.75 Å². The molecule has 110 valence electrons. The first-order chi connectivity index (χ1) is 9.49. The van der Waals surface area contributed by atoms with Crippen molar-refractivity contribution >= 4 is 17.5 Å². The summed E-state index contributed by atoms with van der Waals surface area (Å²) in [5.41, 5.74) is 0.797. The third-order valence-electron chi connectivity index (χ3n) is 3.75. The van der Waals surface area contributed by atoms with Gasteiger partial charge in [-0.25, -0.2) is 0 Å². The molecular formula is C15H20ClNO3. The Kier molecular flexibility index (Phi) is 4.89. The number of benzene rings is 1. The molecule has 1 fully saturated rings. The Bertz CT molecular complexity index is 486. The molecule has 1 aromatic carbocycles. The van der Waals surface area contributed by atoms with Gasteiger partial charge in [-0.3, -0.25) is 4.79 Å². The number of hydrogen-bond donors (Lipinski definition) is 1. The van der Waals surface area contributed by atoms with Gasteiger partial charge in [0, 0.05) is 24.2 Å². The highest BCUT2D eigenvalue weighted by Crippen LogP contribution is 2.28. The zero-order valence-electron chi connectivity index (χ0n) is 11.8. The van der Waals surface area contributed by atoms with Crippen LogP contribution in [0, 0.1) is 5.92 Å². The maximum atomic E-state index is 12.2. The van der Waals surface area contributed by atoms with Gasteiger partial charge in [0.1, 0.15) is 5.75 Å². The fourth-order valence-corrected chi connectivity index (χ4v) is 2.72. The number of carbonyl (C=O) groups excluding carboxylic acids is 1. The minimum atomic E-state index is -0.184. The Morgan fingerprint density at radius 3 is 2.80 bits per heavy atom. The topological polar surface area (TPSA) is 49.8 Å². The molecule has 0 unspecified atom stereocenters. The second-order valence-corrected chi connectivity index (χ2v) is 5.83. The van der Waals surface area contributed by atoms with Crippen molar-refractivity contribution in [2.24, 2.45) is 5.92 Å². The standard InChI is InChI=1S/C15H20ClNO3/c1-17(9-10-5-13(18)6-10)15(19)8-11-7-12(16)3-4-14(11)20-2/h3-4,7,10,13,18H,5-6,8-9H2,1-2H3. The molecule has 0 atom stereocenters. The quantitative estimate of drug-likeness (QED) is 0.906. The van der Waals surface area contributed by atoms with E-state index in [1.54, 1.807) is 37.3 Å². The molecule has 5 heteroatoms. The Hall–Kier alpha value is -1.26. The summed E-state index contributed by atoms with van der Waals surface area (Å²) in [5.74, 6) is 1.13. The van der Waals surface area contributed by atoms with Gasteiger partial charge in [-0.1, -0.05) is 11.6 Å². The number of rotatable bonds is 5. The van der Waals surface area contributed by atoms with E-state index in [-0.39, 0.29) is 18.4 Å². The van der Waals surface area contributed by atoms with Crippen LogP contribution < -0.4 is 4.74 Å². The molecular weight excluding hydrogens is 278 g/mol. The molecule has 4 nitrogen and oxygen atoms in total. The number of aliphatic hydroxyl groups is 1. The summed E-state index contributed by atoms with van der Waals surface area (Å²) in [4.78, 5) is 13.9. The van der Waals surface area contributed by atoms with E-state index in [0.717, 1.165) is 18.4 Å². The maximum absolute atomic E-state index is 12.2. The van der Waals surface area contributed by atoms with Crippen LogP contribution in [0.25, 0.3) is 0 Å². The number of hydrogen-bond acceptors (Lipinski definition) is 3. The lowest BCUT2D eigenvalue weighted by molar-refractivity contribution is -0.130. The zero-order chi connectivity index (χ0) is 14.7. The van der Waals surface area contributed by atoms with E-state index in [4.69, 9.17) is 16.3 Å². The first kappa shape index (κ1) is 15.1. The summed E-state index contributed by atoms with van der Waals surface area (Å²) in [6.07, 6.45) is 1.67. The summed E-state index contributed by atoms with van der Waals surface area (Å²) >= 11 is 5.96. The van der Waals surface area contributed by atoms with Crippen LogP contribution in [0.3, 0.4) is 0 Å². The van der Waals surface area contributed by atoms with Crippen molar-refractivity contribution in [2.45, 2.75) is 25.4 Å². The van der Waals surface area contributed by atoms with Gasteiger partial charge in [-0.2, -0.15) is 0 Å². The van der Waals surface area contributed by atoms with Crippen molar-refractivity contribution in [1.29, 1.82) is 0 Å². The Morgan fingerprint density at radius 1 is 1.50 bits per heavy atom. The second-order valence-electron chi connectivity index (χ2n) is 5.40. The summed E-state index contributed by atoms with van der Waals surface area (Å²) in [6, 6.07) is 5.28. The van der Waals surface area contributed by atoms with Crippen molar-refractivity contribution < 1.29 is 14.6 Å². The van der Waals surface area contributed by atoms with Crippen LogP contribution in [0.15, 0.2) is 18.2 Å². The number of methoxy groups -OCH3 is 1. The van der Waals surface area contributed by atoms with Crippen LogP contribution in [0.1, 0.15) is 18.4 Å². The summed E-state index contributed by atoms with van der Waals surface area (Å²) in [5, 5.41) is 9.86. The molecule has 1 N–H and O–H groups in total. The zero-order valence-corrected chi connectivity index (χ0v) is 12.6. The number of carbonyl (C=O) groups is 1. The SMILES string of the molecule is COc1ccc(Cl)cc1CC(=O)N(C)CC1CC(O)C1. The Morgan fingerprint density at radius 2 is 2.20 bits per heavy atom. The molecule has 0 saturated heterocycles. The minimum Gasteiger partial charge on any atom is -0.496 e. The smallest absolute Gasteiger partial charge is 0.226 e. The summed E-state index contributed by atoms with van der Waals surface area (Å²) in [7, 11) is 3.38. The van der Waals surface area contributed by atoms with Gasteiger partial charge in [0.15, 0.2) is 0 Å². The van der Waals surface area contributed by atoms with E-state index in [1.807, 2.05) is 0 Å². The number of ether oxygens (including phenoxy) is 1. The van der Waals surface area contributed by atoms with Crippen LogP contribution in [0.4, 0.5) is 0 Å². The fourth-order valence-electron chi connectivity index (χ4n) is 2.52. The minimum absolute atomic E-state index is 0.0342. The van der Waals surface area contributed by atoms with Crippen LogP contribution in [-0.2, 0) is 11.2 Å². The van der Waals surface area contributed by atoms with Gasteiger partial charge < -0.3 is 14.7 Å². The molecule has 1 amide bonds. The third-order valence-corrected chi connectivity index (χ3v) is 3.99. The number of nitrogens with zero attached hydrogens (tertiary/aromatic N) is 1. The first-order valence-electron chi connectivity index (χ1n) is 6.74. The van der Waals surface area contributed by atoms with Gasteiger partial charge >= 0.3 is 0 Å². The van der Waals surface area contributed by atoms with Crippen LogP contribution >= 0.6 is 11.6 Å². The monoisotopic (exact) mass is 297 g/mol. The molecule has 0 spiro atoms. The Balaban J connectivity index is 1.94. The van der Waals surface area contributed by atoms with Crippen LogP contribution in [-0.4, -0.2) is 42.7 Å². The number of halogens is 1. The Labute approximate surface area is 124 Å². The molecule has 0 aliphatic heterocycles. The van der Waals surface area contributed by atoms with E-state index in [1.165, 1.54) is 0 Å². The van der Waals surface area contributed by atoms with Crippen molar-refractivity contribution in [1.82, 2.24) is 4.90 Å². The van der Waals surface area contributed by atoms with Crippen molar-refractivity contribution in [3.63, 3.8) is 0 Å². The number of amides is 1. The molecule has 0 heterocycles. The molecule has 1 saturated carbocycles. The third kappa shape index (κ3) is 3.64. The van der Waals surface area contributed by atoms with E-state index in [2.05, 4.69) is 0 Å². The lowest BCUT2D eigenvalue weighted by atomic mass is 9.82. The van der Waals surface area contributed by atoms with Crippen LogP contribution in [0.5, 0.6) is 5.75 Å². The molecule has 0 radical (unpaired) electrons. The maximum Gasteiger partial charge on any atom is 0.226 e. The molecule has 0 bridgehead atoms. The number of aliphatic hydroxyl groups excluding tert-OH is 1. The highest BCUT2D eigenvalue weighted by atomic mass is 35.5. The van der Waals surface area contributed by atoms with Gasteiger partial charge in [-0.15, -0.1) is 0 Å². The highest BCUT2D eigenvalue weighted by molar-refractivity contribution is 6.30. The average molecular weight is 298 g/mol. The van der Waals surface area contributed by atoms with Crippen LogP contribution in [0.2, 0.25) is 5.02 Å². The molecule has 1 aliphatic carbocycles. The van der Waals surface area contributed by atoms with E-state index in [0.29, 0.717) is 23.2 Å².